The third kappa shape index (κ3) is 4.03. The summed E-state index contributed by atoms with van der Waals surface area (Å²) in [5, 5.41) is 17.4. The minimum atomic E-state index is 0.145. The maximum atomic E-state index is 10.7. The number of ether oxygens (including phenoxy) is 1. The highest BCUT2D eigenvalue weighted by Crippen LogP contribution is 2.49. The number of rotatable bonds is 4. The van der Waals surface area contributed by atoms with Gasteiger partial charge in [-0.05, 0) is 69.1 Å². The zero-order valence-electron chi connectivity index (χ0n) is 23.8. The second-order valence-electron chi connectivity index (χ2n) is 13.2. The van der Waals surface area contributed by atoms with Gasteiger partial charge in [-0.15, -0.1) is 11.8 Å². The van der Waals surface area contributed by atoms with Crippen LogP contribution in [0.2, 0.25) is 5.02 Å². The van der Waals surface area contributed by atoms with Gasteiger partial charge in [0, 0.05) is 47.9 Å². The maximum Gasteiger partial charge on any atom is 0.318 e. The number of anilines is 2. The number of hydrogen-bond donors (Lipinski definition) is 2. The second-order valence-corrected chi connectivity index (χ2v) is 14.8. The Balaban J connectivity index is 1.14. The lowest BCUT2D eigenvalue weighted by atomic mass is 9.95. The first-order valence-electron chi connectivity index (χ1n) is 15.6. The van der Waals surface area contributed by atoms with Crippen LogP contribution in [0.15, 0.2) is 30.3 Å². The van der Waals surface area contributed by atoms with Crippen LogP contribution in [0.4, 0.5) is 11.5 Å². The average molecular weight is 605 g/mol. The molecular formula is C32H37ClN6O2S. The van der Waals surface area contributed by atoms with Crippen LogP contribution in [-0.4, -0.2) is 82.2 Å². The number of hydrogen-bond acceptors (Lipinski definition) is 9. The highest BCUT2D eigenvalue weighted by Gasteiger charge is 2.47. The molecule has 7 heterocycles. The standard InChI is InChI=1S/C32H37ClN6O2S/c33-22-5-1-4-19-12-21(40)13-25(28(19)22)37-15-24-29-27(16-37)42-17-26-23-7-6-20(34-23)14-39(26)30(29)36-31(35-24)41-18-32-8-2-10-38(32)11-3-9-32/h1,4-5,12-13,20,23,26-27,34,40H,2-3,6-11,14-18H2. The van der Waals surface area contributed by atoms with E-state index in [9.17, 15) is 5.11 Å². The van der Waals surface area contributed by atoms with E-state index in [2.05, 4.69) is 20.0 Å². The van der Waals surface area contributed by atoms with Crippen molar-refractivity contribution in [2.75, 3.05) is 48.3 Å². The fourth-order valence-electron chi connectivity index (χ4n) is 8.88. The van der Waals surface area contributed by atoms with Crippen LogP contribution in [-0.2, 0) is 6.54 Å². The SMILES string of the molecule is Oc1cc(N2Cc3nc(OCC45CCCN4CCC5)nc4c3C(C2)SCC2C3CCC(CN42)N3)c2c(Cl)cccc2c1. The van der Waals surface area contributed by atoms with Crippen LogP contribution in [0, 0.1) is 0 Å². The van der Waals surface area contributed by atoms with Crippen LogP contribution in [0.1, 0.15) is 55.0 Å². The van der Waals surface area contributed by atoms with Crippen LogP contribution >= 0.6 is 23.4 Å². The highest BCUT2D eigenvalue weighted by molar-refractivity contribution is 7.99. The van der Waals surface area contributed by atoms with Crippen molar-refractivity contribution in [3.8, 4) is 11.8 Å². The number of phenols is 1. The number of nitrogens with zero attached hydrogens (tertiary/aromatic N) is 5. The van der Waals surface area contributed by atoms with Crippen molar-refractivity contribution in [2.24, 2.45) is 0 Å². The zero-order valence-corrected chi connectivity index (χ0v) is 25.3. The van der Waals surface area contributed by atoms with Gasteiger partial charge >= 0.3 is 6.01 Å². The van der Waals surface area contributed by atoms with Crippen molar-refractivity contribution in [1.29, 1.82) is 0 Å². The molecule has 6 aliphatic heterocycles. The molecule has 2 aromatic carbocycles. The maximum absolute atomic E-state index is 10.7. The van der Waals surface area contributed by atoms with E-state index in [1.165, 1.54) is 57.2 Å². The van der Waals surface area contributed by atoms with E-state index in [-0.39, 0.29) is 16.5 Å². The van der Waals surface area contributed by atoms with Crippen LogP contribution < -0.4 is 19.9 Å². The Labute approximate surface area is 255 Å². The van der Waals surface area contributed by atoms with Crippen molar-refractivity contribution in [3.05, 3.63) is 46.6 Å². The number of fused-ring (bicyclic) bond motifs is 7. The van der Waals surface area contributed by atoms with Crippen LogP contribution in [0.3, 0.4) is 0 Å². The van der Waals surface area contributed by atoms with Crippen molar-refractivity contribution in [2.45, 2.75) is 74.0 Å². The molecule has 1 aromatic heterocycles. The molecule has 10 heteroatoms. The summed E-state index contributed by atoms with van der Waals surface area (Å²) >= 11 is 8.81. The number of halogens is 1. The predicted molar refractivity (Wildman–Crippen MR) is 168 cm³/mol. The van der Waals surface area contributed by atoms with E-state index in [0.717, 1.165) is 46.8 Å². The lowest BCUT2D eigenvalue weighted by molar-refractivity contribution is 0.107. The minimum Gasteiger partial charge on any atom is -0.508 e. The molecule has 8 nitrogen and oxygen atoms in total. The lowest BCUT2D eigenvalue weighted by Crippen LogP contribution is -2.59. The predicted octanol–water partition coefficient (Wildman–Crippen LogP) is 5.11. The Morgan fingerprint density at radius 2 is 2.00 bits per heavy atom. The fraction of sp³-hybridized carbons (Fsp3) is 0.562. The third-order valence-corrected chi connectivity index (χ3v) is 12.5. The Kier molecular flexibility index (Phi) is 6.05. The minimum absolute atomic E-state index is 0.145. The molecule has 0 radical (unpaired) electrons. The van der Waals surface area contributed by atoms with Crippen molar-refractivity contribution in [1.82, 2.24) is 20.2 Å². The summed E-state index contributed by atoms with van der Waals surface area (Å²) < 4.78 is 6.61. The molecule has 3 aromatic rings. The van der Waals surface area contributed by atoms with Gasteiger partial charge in [0.15, 0.2) is 0 Å². The Morgan fingerprint density at radius 3 is 2.88 bits per heavy atom. The number of phenolic OH excluding ortho intramolecular Hbond substituents is 1. The summed E-state index contributed by atoms with van der Waals surface area (Å²) in [6.45, 7) is 5.46. The summed E-state index contributed by atoms with van der Waals surface area (Å²) in [7, 11) is 0. The number of thioether (sulfide) groups is 1. The topological polar surface area (TPSA) is 77.0 Å². The van der Waals surface area contributed by atoms with E-state index in [4.69, 9.17) is 26.3 Å². The number of aromatic hydroxyl groups is 1. The van der Waals surface area contributed by atoms with Crippen LogP contribution in [0.5, 0.6) is 11.8 Å². The smallest absolute Gasteiger partial charge is 0.318 e. The van der Waals surface area contributed by atoms with E-state index in [1.807, 2.05) is 36.0 Å². The van der Waals surface area contributed by atoms with Gasteiger partial charge in [-0.2, -0.15) is 9.97 Å². The second kappa shape index (κ2) is 9.78. The molecule has 4 fully saturated rings. The van der Waals surface area contributed by atoms with Crippen molar-refractivity contribution >= 4 is 45.6 Å². The first kappa shape index (κ1) is 26.0. The molecule has 42 heavy (non-hydrogen) atoms. The van der Waals surface area contributed by atoms with Gasteiger partial charge in [0.2, 0.25) is 0 Å². The normalized spacial score (nSPS) is 29.4. The molecule has 4 saturated heterocycles. The van der Waals surface area contributed by atoms with Gasteiger partial charge in [0.1, 0.15) is 18.2 Å². The first-order chi connectivity index (χ1) is 20.5. The Bertz CT molecular complexity index is 1560. The quantitative estimate of drug-likeness (QED) is 0.422. The van der Waals surface area contributed by atoms with Crippen LogP contribution in [0.25, 0.3) is 10.8 Å². The number of benzene rings is 2. The van der Waals surface area contributed by atoms with Gasteiger partial charge in [-0.25, -0.2) is 0 Å². The van der Waals surface area contributed by atoms with E-state index >= 15 is 0 Å². The monoisotopic (exact) mass is 604 g/mol. The Morgan fingerprint density at radius 1 is 1.12 bits per heavy atom. The summed E-state index contributed by atoms with van der Waals surface area (Å²) in [5.74, 6) is 2.40. The summed E-state index contributed by atoms with van der Waals surface area (Å²) in [6.07, 6.45) is 7.36. The zero-order chi connectivity index (χ0) is 28.0. The highest BCUT2D eigenvalue weighted by atomic mass is 35.5. The molecule has 0 spiro atoms. The molecular weight excluding hydrogens is 568 g/mol. The molecule has 4 unspecified atom stereocenters. The molecule has 2 bridgehead atoms. The summed E-state index contributed by atoms with van der Waals surface area (Å²) in [5.41, 5.74) is 3.43. The van der Waals surface area contributed by atoms with Crippen molar-refractivity contribution < 1.29 is 9.84 Å². The van der Waals surface area contributed by atoms with E-state index in [1.54, 1.807) is 6.07 Å². The molecule has 6 aliphatic rings. The fourth-order valence-corrected chi connectivity index (χ4v) is 10.7. The Hall–Kier alpha value is -2.46. The van der Waals surface area contributed by atoms with Gasteiger partial charge in [-0.3, -0.25) is 4.90 Å². The largest absolute Gasteiger partial charge is 0.508 e. The van der Waals surface area contributed by atoms with Gasteiger partial charge in [-0.1, -0.05) is 23.7 Å². The van der Waals surface area contributed by atoms with Gasteiger partial charge < -0.3 is 25.0 Å². The number of aromatic nitrogens is 2. The summed E-state index contributed by atoms with van der Waals surface area (Å²) in [6, 6.07) is 11.5. The van der Waals surface area contributed by atoms with Crippen molar-refractivity contribution in [3.63, 3.8) is 0 Å². The molecule has 220 valence electrons. The molecule has 9 rings (SSSR count). The van der Waals surface area contributed by atoms with Gasteiger partial charge in [0.25, 0.3) is 0 Å². The first-order valence-corrected chi connectivity index (χ1v) is 17.1. The number of nitrogens with one attached hydrogen (secondary N) is 1. The molecule has 0 aliphatic carbocycles. The lowest BCUT2D eigenvalue weighted by Gasteiger charge is -2.41. The van der Waals surface area contributed by atoms with E-state index < -0.39 is 0 Å². The third-order valence-electron chi connectivity index (χ3n) is 10.8. The van der Waals surface area contributed by atoms with Gasteiger partial charge in [0.05, 0.1) is 39.8 Å². The summed E-state index contributed by atoms with van der Waals surface area (Å²) in [4.78, 5) is 18.0. The number of piperazine rings is 1. The van der Waals surface area contributed by atoms with E-state index in [0.29, 0.717) is 42.3 Å². The molecule has 4 atom stereocenters. The molecule has 2 N–H and O–H groups in total. The molecule has 0 amide bonds. The molecule has 0 saturated carbocycles. The average Bonchev–Trinajstić information content (AvgIpc) is 3.66.